The summed E-state index contributed by atoms with van der Waals surface area (Å²) in [7, 11) is 0. The Balaban J connectivity index is 1.88. The maximum Gasteiger partial charge on any atom is 0.161 e. The molecule has 3 heteroatoms. The van der Waals surface area contributed by atoms with Crippen molar-refractivity contribution in [1.29, 1.82) is 0 Å². The van der Waals surface area contributed by atoms with Gasteiger partial charge in [0.2, 0.25) is 0 Å². The van der Waals surface area contributed by atoms with Crippen LogP contribution in [-0.4, -0.2) is 25.4 Å². The molecule has 0 spiro atoms. The Morgan fingerprint density at radius 3 is 2.88 bits per heavy atom. The fourth-order valence-electron chi connectivity index (χ4n) is 1.53. The zero-order valence-electron chi connectivity index (χ0n) is 9.81. The Kier molecular flexibility index (Phi) is 3.67. The normalized spacial score (nSPS) is 20.5. The standard InChI is InChI=1S/C13H18O3/c1-3-10(2)14-8-11-9-15-12-6-4-5-7-13(12)16-11/h4-7,10-11H,3,8-9H2,1-2H3. The van der Waals surface area contributed by atoms with Gasteiger partial charge in [0.1, 0.15) is 6.61 Å². The van der Waals surface area contributed by atoms with Gasteiger partial charge in [-0.1, -0.05) is 19.1 Å². The van der Waals surface area contributed by atoms with Gasteiger partial charge in [-0.05, 0) is 25.5 Å². The predicted molar refractivity (Wildman–Crippen MR) is 62.1 cm³/mol. The molecule has 0 aromatic heterocycles. The van der Waals surface area contributed by atoms with Crippen LogP contribution in [0.3, 0.4) is 0 Å². The van der Waals surface area contributed by atoms with Gasteiger partial charge in [-0.25, -0.2) is 0 Å². The van der Waals surface area contributed by atoms with Crippen molar-refractivity contribution in [2.75, 3.05) is 13.2 Å². The molecule has 1 aliphatic rings. The van der Waals surface area contributed by atoms with Gasteiger partial charge >= 0.3 is 0 Å². The van der Waals surface area contributed by atoms with E-state index in [0.717, 1.165) is 17.9 Å². The predicted octanol–water partition coefficient (Wildman–Crippen LogP) is 2.64. The Labute approximate surface area is 96.3 Å². The molecule has 2 unspecified atom stereocenters. The summed E-state index contributed by atoms with van der Waals surface area (Å²) < 4.78 is 17.0. The molecule has 0 amide bonds. The zero-order chi connectivity index (χ0) is 11.4. The van der Waals surface area contributed by atoms with Gasteiger partial charge in [0.05, 0.1) is 12.7 Å². The zero-order valence-corrected chi connectivity index (χ0v) is 9.81. The summed E-state index contributed by atoms with van der Waals surface area (Å²) in [4.78, 5) is 0. The molecule has 0 fully saturated rings. The highest BCUT2D eigenvalue weighted by Gasteiger charge is 2.21. The molecular weight excluding hydrogens is 204 g/mol. The first-order valence-electron chi connectivity index (χ1n) is 5.79. The van der Waals surface area contributed by atoms with Crippen molar-refractivity contribution in [1.82, 2.24) is 0 Å². The summed E-state index contributed by atoms with van der Waals surface area (Å²) in [5.41, 5.74) is 0. The number of para-hydroxylation sites is 2. The lowest BCUT2D eigenvalue weighted by molar-refractivity contribution is -0.0203. The number of fused-ring (bicyclic) bond motifs is 1. The SMILES string of the molecule is CCC(C)OCC1COc2ccccc2O1. The van der Waals surface area contributed by atoms with Crippen molar-refractivity contribution in [3.8, 4) is 11.5 Å². The van der Waals surface area contributed by atoms with E-state index in [1.165, 1.54) is 0 Å². The van der Waals surface area contributed by atoms with Gasteiger partial charge < -0.3 is 14.2 Å². The van der Waals surface area contributed by atoms with Crippen molar-refractivity contribution in [2.24, 2.45) is 0 Å². The minimum atomic E-state index is 0.00361. The fourth-order valence-corrected chi connectivity index (χ4v) is 1.53. The lowest BCUT2D eigenvalue weighted by Crippen LogP contribution is -2.34. The topological polar surface area (TPSA) is 27.7 Å². The molecule has 0 saturated carbocycles. The second-order valence-electron chi connectivity index (χ2n) is 4.05. The largest absolute Gasteiger partial charge is 0.486 e. The van der Waals surface area contributed by atoms with Crippen LogP contribution in [0.5, 0.6) is 11.5 Å². The summed E-state index contributed by atoms with van der Waals surface area (Å²) in [6.07, 6.45) is 1.30. The van der Waals surface area contributed by atoms with Crippen molar-refractivity contribution in [3.63, 3.8) is 0 Å². The van der Waals surface area contributed by atoms with E-state index in [1.54, 1.807) is 0 Å². The van der Waals surface area contributed by atoms with E-state index in [2.05, 4.69) is 13.8 Å². The van der Waals surface area contributed by atoms with Gasteiger partial charge in [-0.15, -0.1) is 0 Å². The minimum absolute atomic E-state index is 0.00361. The highest BCUT2D eigenvalue weighted by atomic mass is 16.6. The Hall–Kier alpha value is -1.22. The van der Waals surface area contributed by atoms with Crippen LogP contribution >= 0.6 is 0 Å². The molecule has 1 aliphatic heterocycles. The molecule has 2 rings (SSSR count). The molecule has 0 N–H and O–H groups in total. The second kappa shape index (κ2) is 5.21. The third-order valence-electron chi connectivity index (χ3n) is 2.71. The number of hydrogen-bond donors (Lipinski definition) is 0. The van der Waals surface area contributed by atoms with E-state index in [1.807, 2.05) is 24.3 Å². The molecule has 2 atom stereocenters. The van der Waals surface area contributed by atoms with Gasteiger partial charge in [0, 0.05) is 0 Å². The Bertz CT molecular complexity index is 338. The van der Waals surface area contributed by atoms with Crippen LogP contribution in [0.15, 0.2) is 24.3 Å². The molecule has 0 radical (unpaired) electrons. The molecule has 3 nitrogen and oxygen atoms in total. The van der Waals surface area contributed by atoms with E-state index in [0.29, 0.717) is 13.2 Å². The number of benzene rings is 1. The summed E-state index contributed by atoms with van der Waals surface area (Å²) in [6.45, 7) is 5.33. The number of rotatable bonds is 4. The van der Waals surface area contributed by atoms with Crippen LogP contribution in [0.2, 0.25) is 0 Å². The molecule has 0 bridgehead atoms. The van der Waals surface area contributed by atoms with Crippen molar-refractivity contribution >= 4 is 0 Å². The summed E-state index contributed by atoms with van der Waals surface area (Å²) in [6, 6.07) is 7.73. The lowest BCUT2D eigenvalue weighted by Gasteiger charge is -2.27. The van der Waals surface area contributed by atoms with Crippen LogP contribution < -0.4 is 9.47 Å². The summed E-state index contributed by atoms with van der Waals surface area (Å²) >= 11 is 0. The Morgan fingerprint density at radius 2 is 2.12 bits per heavy atom. The maximum absolute atomic E-state index is 5.78. The molecule has 1 aromatic rings. The van der Waals surface area contributed by atoms with E-state index in [9.17, 15) is 0 Å². The van der Waals surface area contributed by atoms with Crippen LogP contribution in [0.25, 0.3) is 0 Å². The lowest BCUT2D eigenvalue weighted by atomic mass is 10.2. The maximum atomic E-state index is 5.78. The molecule has 0 saturated heterocycles. The van der Waals surface area contributed by atoms with E-state index in [4.69, 9.17) is 14.2 Å². The summed E-state index contributed by atoms with van der Waals surface area (Å²) in [5, 5.41) is 0. The number of ether oxygens (including phenoxy) is 3. The monoisotopic (exact) mass is 222 g/mol. The van der Waals surface area contributed by atoms with Crippen LogP contribution in [0.1, 0.15) is 20.3 Å². The third kappa shape index (κ3) is 2.67. The molecule has 1 heterocycles. The summed E-state index contributed by atoms with van der Waals surface area (Å²) in [5.74, 6) is 1.63. The second-order valence-corrected chi connectivity index (χ2v) is 4.05. The van der Waals surface area contributed by atoms with Crippen molar-refractivity contribution < 1.29 is 14.2 Å². The number of hydrogen-bond acceptors (Lipinski definition) is 3. The van der Waals surface area contributed by atoms with Gasteiger partial charge in [-0.2, -0.15) is 0 Å². The van der Waals surface area contributed by atoms with Gasteiger partial charge in [-0.3, -0.25) is 0 Å². The smallest absolute Gasteiger partial charge is 0.161 e. The van der Waals surface area contributed by atoms with Crippen molar-refractivity contribution in [3.05, 3.63) is 24.3 Å². The fraction of sp³-hybridized carbons (Fsp3) is 0.538. The van der Waals surface area contributed by atoms with Crippen molar-refractivity contribution in [2.45, 2.75) is 32.5 Å². The van der Waals surface area contributed by atoms with E-state index < -0.39 is 0 Å². The first kappa shape index (κ1) is 11.3. The molecular formula is C13H18O3. The first-order chi connectivity index (χ1) is 7.79. The van der Waals surface area contributed by atoms with E-state index >= 15 is 0 Å². The Morgan fingerprint density at radius 1 is 1.38 bits per heavy atom. The van der Waals surface area contributed by atoms with Gasteiger partial charge in [0.15, 0.2) is 17.6 Å². The van der Waals surface area contributed by atoms with Crippen LogP contribution in [0.4, 0.5) is 0 Å². The highest BCUT2D eigenvalue weighted by molar-refractivity contribution is 5.40. The molecule has 1 aromatic carbocycles. The van der Waals surface area contributed by atoms with Crippen LogP contribution in [-0.2, 0) is 4.74 Å². The van der Waals surface area contributed by atoms with Crippen LogP contribution in [0, 0.1) is 0 Å². The van der Waals surface area contributed by atoms with Gasteiger partial charge in [0.25, 0.3) is 0 Å². The first-order valence-corrected chi connectivity index (χ1v) is 5.79. The average molecular weight is 222 g/mol. The molecule has 0 aliphatic carbocycles. The minimum Gasteiger partial charge on any atom is -0.486 e. The quantitative estimate of drug-likeness (QED) is 0.783. The third-order valence-corrected chi connectivity index (χ3v) is 2.71. The van der Waals surface area contributed by atoms with E-state index in [-0.39, 0.29) is 12.2 Å². The highest BCUT2D eigenvalue weighted by Crippen LogP contribution is 2.30. The molecule has 88 valence electrons. The molecule has 16 heavy (non-hydrogen) atoms. The average Bonchev–Trinajstić information content (AvgIpc) is 2.35.